The summed E-state index contributed by atoms with van der Waals surface area (Å²) in [5.74, 6) is 0.534. The minimum atomic E-state index is 0.534. The molecule has 15 heavy (non-hydrogen) atoms. The van der Waals surface area contributed by atoms with E-state index in [-0.39, 0.29) is 0 Å². The van der Waals surface area contributed by atoms with E-state index in [0.29, 0.717) is 11.6 Å². The molecule has 72 valence electrons. The van der Waals surface area contributed by atoms with Crippen LogP contribution < -0.4 is 0 Å². The van der Waals surface area contributed by atoms with Crippen LogP contribution in [0.1, 0.15) is 0 Å². The Hall–Kier alpha value is -2.30. The van der Waals surface area contributed by atoms with Crippen LogP contribution in [0.15, 0.2) is 43.0 Å². The number of rotatable bonds is 1. The van der Waals surface area contributed by atoms with E-state index in [1.807, 2.05) is 18.2 Å². The molecule has 0 aliphatic heterocycles. The van der Waals surface area contributed by atoms with Crippen LogP contribution in [0.3, 0.4) is 0 Å². The minimum absolute atomic E-state index is 0.534. The number of fused-ring (bicyclic) bond motifs is 1. The van der Waals surface area contributed by atoms with Crippen molar-refractivity contribution < 1.29 is 0 Å². The summed E-state index contributed by atoms with van der Waals surface area (Å²) < 4.78 is 1.61. The van der Waals surface area contributed by atoms with Crippen molar-refractivity contribution in [2.75, 3.05) is 0 Å². The van der Waals surface area contributed by atoms with Crippen LogP contribution in [0.2, 0.25) is 0 Å². The second-order valence-electron chi connectivity index (χ2n) is 3.04. The van der Waals surface area contributed by atoms with Gasteiger partial charge in [0.25, 0.3) is 5.95 Å². The van der Waals surface area contributed by atoms with Gasteiger partial charge in [-0.15, -0.1) is 0 Å². The number of pyridine rings is 1. The Morgan fingerprint density at radius 1 is 1.07 bits per heavy atom. The maximum absolute atomic E-state index is 4.30. The summed E-state index contributed by atoms with van der Waals surface area (Å²) in [5, 5.41) is 4.98. The fourth-order valence-electron chi connectivity index (χ4n) is 1.35. The predicted octanol–water partition coefficient (Wildman–Crippen LogP) is 1.21. The van der Waals surface area contributed by atoms with Gasteiger partial charge in [0.1, 0.15) is 0 Å². The summed E-state index contributed by atoms with van der Waals surface area (Å²) in [4.78, 5) is 12.7. The van der Waals surface area contributed by atoms with E-state index in [1.165, 1.54) is 0 Å². The average Bonchev–Trinajstić information content (AvgIpc) is 2.82. The molecular weight excluding hydrogens is 190 g/mol. The highest BCUT2D eigenvalue weighted by Gasteiger charge is 2.01. The lowest BCUT2D eigenvalue weighted by Crippen LogP contribution is -2.01. The van der Waals surface area contributed by atoms with Crippen molar-refractivity contribution >= 4 is 11.0 Å². The third-order valence-corrected chi connectivity index (χ3v) is 2.05. The van der Waals surface area contributed by atoms with Crippen LogP contribution in [0.25, 0.3) is 17.0 Å². The van der Waals surface area contributed by atoms with Gasteiger partial charge in [-0.3, -0.25) is 0 Å². The topological polar surface area (TPSA) is 56.5 Å². The molecule has 0 bridgehead atoms. The molecule has 3 heterocycles. The zero-order chi connectivity index (χ0) is 10.1. The molecule has 0 saturated carbocycles. The molecule has 5 heteroatoms. The van der Waals surface area contributed by atoms with Gasteiger partial charge in [0.2, 0.25) is 0 Å². The Morgan fingerprint density at radius 3 is 2.93 bits per heavy atom. The first kappa shape index (κ1) is 8.05. The highest BCUT2D eigenvalue weighted by Crippen LogP contribution is 2.08. The summed E-state index contributed by atoms with van der Waals surface area (Å²) in [5.41, 5.74) is 0.679. The third kappa shape index (κ3) is 1.34. The zero-order valence-corrected chi connectivity index (χ0v) is 7.78. The van der Waals surface area contributed by atoms with Crippen LogP contribution in [0, 0.1) is 0 Å². The average molecular weight is 197 g/mol. The quantitative estimate of drug-likeness (QED) is 0.588. The van der Waals surface area contributed by atoms with E-state index in [9.17, 15) is 0 Å². The van der Waals surface area contributed by atoms with Gasteiger partial charge in [-0.25, -0.2) is 14.6 Å². The number of nitrogens with zero attached hydrogens (tertiary/aromatic N) is 5. The molecule has 3 aromatic rings. The molecule has 0 saturated heterocycles. The second kappa shape index (κ2) is 3.13. The number of aromatic nitrogens is 5. The van der Waals surface area contributed by atoms with Crippen molar-refractivity contribution in [3.05, 3.63) is 43.0 Å². The van der Waals surface area contributed by atoms with Crippen LogP contribution in [-0.4, -0.2) is 24.7 Å². The molecule has 0 N–H and O–H groups in total. The first-order valence-corrected chi connectivity index (χ1v) is 4.51. The number of hydrogen-bond donors (Lipinski definition) is 0. The van der Waals surface area contributed by atoms with E-state index >= 15 is 0 Å². The highest BCUT2D eigenvalue weighted by molar-refractivity contribution is 5.73. The van der Waals surface area contributed by atoms with Crippen molar-refractivity contribution in [2.24, 2.45) is 0 Å². The molecule has 0 radical (unpaired) electrons. The normalized spacial score (nSPS) is 10.7. The van der Waals surface area contributed by atoms with Gasteiger partial charge in [0, 0.05) is 30.2 Å². The summed E-state index contributed by atoms with van der Waals surface area (Å²) >= 11 is 0. The molecule has 0 fully saturated rings. The summed E-state index contributed by atoms with van der Waals surface area (Å²) in [6.07, 6.45) is 6.94. The molecule has 5 nitrogen and oxygen atoms in total. The molecule has 0 atom stereocenters. The van der Waals surface area contributed by atoms with E-state index < -0.39 is 0 Å². The van der Waals surface area contributed by atoms with Gasteiger partial charge in [-0.2, -0.15) is 10.1 Å². The second-order valence-corrected chi connectivity index (χ2v) is 3.04. The first-order chi connectivity index (χ1) is 7.43. The summed E-state index contributed by atoms with van der Waals surface area (Å²) in [7, 11) is 0. The van der Waals surface area contributed by atoms with Crippen LogP contribution in [0.4, 0.5) is 0 Å². The lowest BCUT2D eigenvalue weighted by atomic mass is 10.3. The maximum atomic E-state index is 4.30. The van der Waals surface area contributed by atoms with Crippen molar-refractivity contribution in [1.82, 2.24) is 24.7 Å². The molecule has 3 aromatic heterocycles. The van der Waals surface area contributed by atoms with Gasteiger partial charge in [-0.1, -0.05) is 0 Å². The Kier molecular flexibility index (Phi) is 1.68. The van der Waals surface area contributed by atoms with E-state index in [2.05, 4.69) is 20.1 Å². The number of hydrogen-bond acceptors (Lipinski definition) is 4. The maximum Gasteiger partial charge on any atom is 0.252 e. The Bertz CT molecular complexity index is 588. The summed E-state index contributed by atoms with van der Waals surface area (Å²) in [6.45, 7) is 0. The van der Waals surface area contributed by atoms with Crippen LogP contribution >= 0.6 is 0 Å². The highest BCUT2D eigenvalue weighted by atomic mass is 15.3. The summed E-state index contributed by atoms with van der Waals surface area (Å²) in [6, 6.07) is 5.61. The lowest BCUT2D eigenvalue weighted by molar-refractivity contribution is 0.813. The van der Waals surface area contributed by atoms with Gasteiger partial charge in [-0.05, 0) is 18.2 Å². The monoisotopic (exact) mass is 197 g/mol. The smallest absolute Gasteiger partial charge is 0.236 e. The fourth-order valence-corrected chi connectivity index (χ4v) is 1.35. The first-order valence-electron chi connectivity index (χ1n) is 4.51. The van der Waals surface area contributed by atoms with Gasteiger partial charge in [0.15, 0.2) is 5.65 Å². The minimum Gasteiger partial charge on any atom is -0.236 e. The SMILES string of the molecule is c1cnc2nc(-n3cccn3)ncc2c1. The van der Waals surface area contributed by atoms with Gasteiger partial charge < -0.3 is 0 Å². The van der Waals surface area contributed by atoms with Crippen molar-refractivity contribution in [3.8, 4) is 5.95 Å². The zero-order valence-electron chi connectivity index (χ0n) is 7.78. The van der Waals surface area contributed by atoms with Crippen LogP contribution in [-0.2, 0) is 0 Å². The molecule has 0 aliphatic carbocycles. The van der Waals surface area contributed by atoms with Gasteiger partial charge >= 0.3 is 0 Å². The largest absolute Gasteiger partial charge is 0.252 e. The standard InChI is InChI=1S/C10H7N5/c1-3-8-7-12-10(14-9(8)11-4-1)15-6-2-5-13-15/h1-7H. The Morgan fingerprint density at radius 2 is 2.07 bits per heavy atom. The molecule has 0 aliphatic rings. The molecule has 3 rings (SSSR count). The molecule has 0 aromatic carbocycles. The molecule has 0 spiro atoms. The van der Waals surface area contributed by atoms with Crippen LogP contribution in [0.5, 0.6) is 0 Å². The van der Waals surface area contributed by atoms with Crippen molar-refractivity contribution in [2.45, 2.75) is 0 Å². The van der Waals surface area contributed by atoms with E-state index in [4.69, 9.17) is 0 Å². The third-order valence-electron chi connectivity index (χ3n) is 2.05. The Labute approximate surface area is 85.4 Å². The van der Waals surface area contributed by atoms with Crippen molar-refractivity contribution in [3.63, 3.8) is 0 Å². The van der Waals surface area contributed by atoms with Gasteiger partial charge in [0.05, 0.1) is 0 Å². The van der Waals surface area contributed by atoms with Crippen molar-refractivity contribution in [1.29, 1.82) is 0 Å². The Balaban J connectivity index is 2.22. The fraction of sp³-hybridized carbons (Fsp3) is 0. The van der Waals surface area contributed by atoms with E-state index in [0.717, 1.165) is 5.39 Å². The molecular formula is C10H7N5. The lowest BCUT2D eigenvalue weighted by Gasteiger charge is -1.99. The molecule has 0 amide bonds. The predicted molar refractivity (Wildman–Crippen MR) is 54.5 cm³/mol. The molecule has 0 unspecified atom stereocenters. The van der Waals surface area contributed by atoms with E-state index in [1.54, 1.807) is 29.5 Å².